The number of hydrogen-bond acceptors (Lipinski definition) is 5. The molecule has 8 heteroatoms. The van der Waals surface area contributed by atoms with Crippen LogP contribution in [0.15, 0.2) is 33.8 Å². The van der Waals surface area contributed by atoms with E-state index in [0.717, 1.165) is 9.71 Å². The first kappa shape index (κ1) is 15.7. The van der Waals surface area contributed by atoms with Crippen molar-refractivity contribution in [1.29, 1.82) is 0 Å². The molecule has 0 spiro atoms. The summed E-state index contributed by atoms with van der Waals surface area (Å²) < 4.78 is 1.59. The molecule has 0 aliphatic heterocycles. The predicted molar refractivity (Wildman–Crippen MR) is 93.2 cm³/mol. The Bertz CT molecular complexity index is 867. The number of nitrogens with zero attached hydrogens (tertiary/aromatic N) is 2. The third-order valence-electron chi connectivity index (χ3n) is 3.40. The Kier molecular flexibility index (Phi) is 4.73. The Morgan fingerprint density at radius 1 is 1.26 bits per heavy atom. The number of thiophene rings is 2. The number of nitrogens with one attached hydrogen (secondary N) is 2. The van der Waals surface area contributed by atoms with E-state index in [2.05, 4.69) is 15.6 Å². The fourth-order valence-corrected chi connectivity index (χ4v) is 3.68. The molecule has 0 saturated carbocycles. The van der Waals surface area contributed by atoms with Gasteiger partial charge in [0.25, 0.3) is 5.56 Å². The molecule has 0 aliphatic carbocycles. The van der Waals surface area contributed by atoms with Gasteiger partial charge in [0.15, 0.2) is 0 Å². The van der Waals surface area contributed by atoms with Crippen LogP contribution in [0.2, 0.25) is 0 Å². The van der Waals surface area contributed by atoms with E-state index in [0.29, 0.717) is 30.8 Å². The standard InChI is InChI=1S/C15H16N4O2S2/c1-10-18-13-12(4-8-23-13)14(20)19(10)6-5-16-15(21)17-9-11-3-2-7-22-11/h2-4,7-8H,5-6,9H2,1H3,(H2,16,17,21). The van der Waals surface area contributed by atoms with Gasteiger partial charge >= 0.3 is 6.03 Å². The van der Waals surface area contributed by atoms with Crippen LogP contribution >= 0.6 is 22.7 Å². The lowest BCUT2D eigenvalue weighted by atomic mass is 10.4. The van der Waals surface area contributed by atoms with Crippen LogP contribution in [0.4, 0.5) is 4.79 Å². The summed E-state index contributed by atoms with van der Waals surface area (Å²) in [6, 6.07) is 5.46. The molecule has 2 N–H and O–H groups in total. The molecule has 3 aromatic heterocycles. The van der Waals surface area contributed by atoms with E-state index in [1.54, 1.807) is 28.9 Å². The highest BCUT2D eigenvalue weighted by Gasteiger charge is 2.09. The summed E-state index contributed by atoms with van der Waals surface area (Å²) in [5.74, 6) is 0.658. The Labute approximate surface area is 140 Å². The second kappa shape index (κ2) is 6.93. The van der Waals surface area contributed by atoms with Gasteiger partial charge in [0.05, 0.1) is 11.9 Å². The molecule has 0 aromatic carbocycles. The zero-order valence-corrected chi connectivity index (χ0v) is 14.2. The zero-order valence-electron chi connectivity index (χ0n) is 12.5. The Morgan fingerprint density at radius 2 is 2.13 bits per heavy atom. The molecule has 0 bridgehead atoms. The molecule has 0 radical (unpaired) electrons. The highest BCUT2D eigenvalue weighted by molar-refractivity contribution is 7.16. The van der Waals surface area contributed by atoms with Crippen molar-refractivity contribution in [2.45, 2.75) is 20.0 Å². The van der Waals surface area contributed by atoms with Crippen LogP contribution in [-0.4, -0.2) is 22.1 Å². The van der Waals surface area contributed by atoms with Gasteiger partial charge < -0.3 is 10.6 Å². The van der Waals surface area contributed by atoms with Gasteiger partial charge in [-0.15, -0.1) is 22.7 Å². The van der Waals surface area contributed by atoms with Crippen molar-refractivity contribution in [3.63, 3.8) is 0 Å². The number of aromatic nitrogens is 2. The summed E-state index contributed by atoms with van der Waals surface area (Å²) in [4.78, 5) is 30.4. The van der Waals surface area contributed by atoms with Crippen molar-refractivity contribution in [3.05, 3.63) is 50.0 Å². The fraction of sp³-hybridized carbons (Fsp3) is 0.267. The van der Waals surface area contributed by atoms with Crippen molar-refractivity contribution in [1.82, 2.24) is 20.2 Å². The summed E-state index contributed by atoms with van der Waals surface area (Å²) in [6.45, 7) is 3.08. The van der Waals surface area contributed by atoms with Crippen LogP contribution in [0.25, 0.3) is 10.2 Å². The minimum atomic E-state index is -0.242. The summed E-state index contributed by atoms with van der Waals surface area (Å²) in [6.07, 6.45) is 0. The average molecular weight is 348 g/mol. The zero-order chi connectivity index (χ0) is 16.2. The number of hydrogen-bond donors (Lipinski definition) is 2. The number of fused-ring (bicyclic) bond motifs is 1. The number of rotatable bonds is 5. The van der Waals surface area contributed by atoms with Crippen molar-refractivity contribution >= 4 is 38.9 Å². The number of carbonyl (C=O) groups is 1. The second-order valence-electron chi connectivity index (χ2n) is 4.94. The molecule has 0 unspecified atom stereocenters. The largest absolute Gasteiger partial charge is 0.336 e. The van der Waals surface area contributed by atoms with E-state index in [1.807, 2.05) is 22.9 Å². The van der Waals surface area contributed by atoms with Crippen LogP contribution in [0.3, 0.4) is 0 Å². The molecule has 0 atom stereocenters. The number of aryl methyl sites for hydroxylation is 1. The van der Waals surface area contributed by atoms with Gasteiger partial charge in [0.2, 0.25) is 0 Å². The van der Waals surface area contributed by atoms with Crippen LogP contribution in [-0.2, 0) is 13.1 Å². The first-order chi connectivity index (χ1) is 11.1. The van der Waals surface area contributed by atoms with Crippen LogP contribution in [0.5, 0.6) is 0 Å². The third-order valence-corrected chi connectivity index (χ3v) is 5.08. The van der Waals surface area contributed by atoms with Gasteiger partial charge in [-0.2, -0.15) is 0 Å². The lowest BCUT2D eigenvalue weighted by Gasteiger charge is -2.11. The number of amides is 2. The molecular formula is C15H16N4O2S2. The summed E-state index contributed by atoms with van der Waals surface area (Å²) in [5.41, 5.74) is -0.0606. The highest BCUT2D eigenvalue weighted by Crippen LogP contribution is 2.14. The minimum Gasteiger partial charge on any atom is -0.336 e. The van der Waals surface area contributed by atoms with Crippen LogP contribution < -0.4 is 16.2 Å². The van der Waals surface area contributed by atoms with Gasteiger partial charge in [-0.05, 0) is 29.8 Å². The normalized spacial score (nSPS) is 10.8. The molecule has 3 heterocycles. The summed E-state index contributed by atoms with van der Waals surface area (Å²) >= 11 is 3.05. The monoisotopic (exact) mass is 348 g/mol. The van der Waals surface area contributed by atoms with E-state index < -0.39 is 0 Å². The topological polar surface area (TPSA) is 76.0 Å². The van der Waals surface area contributed by atoms with Crippen molar-refractivity contribution in [2.24, 2.45) is 0 Å². The molecule has 2 amide bonds. The highest BCUT2D eigenvalue weighted by atomic mass is 32.1. The SMILES string of the molecule is Cc1nc2sccc2c(=O)n1CCNC(=O)NCc1cccs1. The summed E-state index contributed by atoms with van der Waals surface area (Å²) in [5, 5.41) is 10.0. The van der Waals surface area contributed by atoms with Crippen molar-refractivity contribution in [3.8, 4) is 0 Å². The van der Waals surface area contributed by atoms with Crippen molar-refractivity contribution in [2.75, 3.05) is 6.54 Å². The summed E-state index contributed by atoms with van der Waals surface area (Å²) in [7, 11) is 0. The molecule has 23 heavy (non-hydrogen) atoms. The van der Waals surface area contributed by atoms with E-state index >= 15 is 0 Å². The van der Waals surface area contributed by atoms with Gasteiger partial charge in [-0.25, -0.2) is 9.78 Å². The molecule has 0 aliphatic rings. The van der Waals surface area contributed by atoms with Gasteiger partial charge in [-0.1, -0.05) is 6.07 Å². The van der Waals surface area contributed by atoms with Crippen LogP contribution in [0, 0.1) is 6.92 Å². The smallest absolute Gasteiger partial charge is 0.315 e. The van der Waals surface area contributed by atoms with E-state index in [-0.39, 0.29) is 11.6 Å². The van der Waals surface area contributed by atoms with Gasteiger partial charge in [0.1, 0.15) is 10.7 Å². The Morgan fingerprint density at radius 3 is 2.91 bits per heavy atom. The predicted octanol–water partition coefficient (Wildman–Crippen LogP) is 2.33. The van der Waals surface area contributed by atoms with Crippen LogP contribution in [0.1, 0.15) is 10.7 Å². The average Bonchev–Trinajstić information content (AvgIpc) is 3.19. The second-order valence-corrected chi connectivity index (χ2v) is 6.87. The maximum absolute atomic E-state index is 12.4. The Balaban J connectivity index is 1.56. The quantitative estimate of drug-likeness (QED) is 0.743. The third kappa shape index (κ3) is 3.59. The fourth-order valence-electron chi connectivity index (χ4n) is 2.24. The molecule has 3 rings (SSSR count). The van der Waals surface area contributed by atoms with E-state index in [1.165, 1.54) is 11.3 Å². The molecule has 120 valence electrons. The number of carbonyl (C=O) groups excluding carboxylic acids is 1. The molecule has 6 nitrogen and oxygen atoms in total. The lowest BCUT2D eigenvalue weighted by Crippen LogP contribution is -2.38. The molecule has 0 fully saturated rings. The van der Waals surface area contributed by atoms with Gasteiger partial charge in [0, 0.05) is 18.0 Å². The van der Waals surface area contributed by atoms with E-state index in [9.17, 15) is 9.59 Å². The Hall–Kier alpha value is -2.19. The first-order valence-electron chi connectivity index (χ1n) is 7.14. The number of urea groups is 1. The minimum absolute atomic E-state index is 0.0606. The maximum atomic E-state index is 12.4. The first-order valence-corrected chi connectivity index (χ1v) is 8.90. The lowest BCUT2D eigenvalue weighted by molar-refractivity contribution is 0.240. The van der Waals surface area contributed by atoms with Crippen molar-refractivity contribution < 1.29 is 4.79 Å². The maximum Gasteiger partial charge on any atom is 0.315 e. The molecule has 0 saturated heterocycles. The van der Waals surface area contributed by atoms with E-state index in [4.69, 9.17) is 0 Å². The molecule has 3 aromatic rings. The molecular weight excluding hydrogens is 332 g/mol. The van der Waals surface area contributed by atoms with Gasteiger partial charge in [-0.3, -0.25) is 9.36 Å².